The average Bonchev–Trinajstić information content (AvgIpc) is 4.26. The molecule has 79 heavy (non-hydrogen) atoms. The SMILES string of the molecule is CC1(C)c2ccccc2-c2c1c1cc(-c3ccc4c(c3)c3cc(-c5ccc6c(c5)c5c(n6-c6nc(-c7ccccc7)nc(-c7ccccc7)n6)-c6ccccc6C5(C)C)ccc3n4-c3ccccc3)ccc1n2-c1ccccc1. The van der Waals surface area contributed by atoms with Crippen molar-refractivity contribution in [2.45, 2.75) is 38.5 Å². The fourth-order valence-electron chi connectivity index (χ4n) is 13.6. The average molecular weight is 1010 g/mol. The third-order valence-electron chi connectivity index (χ3n) is 17.2. The van der Waals surface area contributed by atoms with Gasteiger partial charge in [0.15, 0.2) is 11.6 Å². The number of hydrogen-bond donors (Lipinski definition) is 0. The molecule has 4 aromatic heterocycles. The molecule has 0 saturated heterocycles. The van der Waals surface area contributed by atoms with Gasteiger partial charge in [0.1, 0.15) is 0 Å². The second kappa shape index (κ2) is 16.8. The molecule has 0 spiro atoms. The van der Waals surface area contributed by atoms with E-state index in [1.54, 1.807) is 0 Å². The van der Waals surface area contributed by atoms with Crippen LogP contribution in [-0.2, 0) is 10.8 Å². The number of nitrogens with zero attached hydrogens (tertiary/aromatic N) is 6. The predicted molar refractivity (Wildman–Crippen MR) is 325 cm³/mol. The van der Waals surface area contributed by atoms with Crippen LogP contribution in [0.15, 0.2) is 243 Å². The zero-order chi connectivity index (χ0) is 52.7. The molecule has 0 saturated carbocycles. The van der Waals surface area contributed by atoms with Crippen LogP contribution in [0.4, 0.5) is 0 Å². The highest BCUT2D eigenvalue weighted by atomic mass is 15.2. The Kier molecular flexibility index (Phi) is 9.63. The van der Waals surface area contributed by atoms with E-state index in [1.807, 2.05) is 36.4 Å². The quantitative estimate of drug-likeness (QED) is 0.160. The molecule has 2 aliphatic rings. The van der Waals surface area contributed by atoms with Crippen molar-refractivity contribution in [1.29, 1.82) is 0 Å². The molecule has 0 fully saturated rings. The molecular weight excluding hydrogens is 961 g/mol. The molecule has 10 aromatic carbocycles. The van der Waals surface area contributed by atoms with Gasteiger partial charge in [0, 0.05) is 66.0 Å². The molecule has 374 valence electrons. The van der Waals surface area contributed by atoms with Gasteiger partial charge in [-0.3, -0.25) is 4.57 Å². The van der Waals surface area contributed by atoms with Gasteiger partial charge < -0.3 is 9.13 Å². The molecule has 0 aliphatic heterocycles. The lowest BCUT2D eigenvalue weighted by atomic mass is 9.81. The highest BCUT2D eigenvalue weighted by molar-refractivity contribution is 6.12. The molecule has 16 rings (SSSR count). The minimum Gasteiger partial charge on any atom is -0.309 e. The minimum absolute atomic E-state index is 0.178. The van der Waals surface area contributed by atoms with Crippen LogP contribution in [0.3, 0.4) is 0 Å². The van der Waals surface area contributed by atoms with Crippen LogP contribution in [0.1, 0.15) is 49.9 Å². The summed E-state index contributed by atoms with van der Waals surface area (Å²) in [6, 6.07) is 88.1. The molecule has 6 heteroatoms. The Balaban J connectivity index is 0.890. The van der Waals surface area contributed by atoms with Crippen LogP contribution in [0.2, 0.25) is 0 Å². The lowest BCUT2D eigenvalue weighted by molar-refractivity contribution is 0.666. The number of fused-ring (bicyclic) bond motifs is 13. The summed E-state index contributed by atoms with van der Waals surface area (Å²) in [6.07, 6.45) is 0. The van der Waals surface area contributed by atoms with Crippen LogP contribution in [0.5, 0.6) is 0 Å². The first-order chi connectivity index (χ1) is 38.7. The van der Waals surface area contributed by atoms with E-state index in [9.17, 15) is 0 Å². The third kappa shape index (κ3) is 6.61. The summed E-state index contributed by atoms with van der Waals surface area (Å²) >= 11 is 0. The van der Waals surface area contributed by atoms with Gasteiger partial charge in [0.05, 0.1) is 33.5 Å². The van der Waals surface area contributed by atoms with E-state index in [2.05, 4.69) is 248 Å². The Morgan fingerprint density at radius 2 is 0.633 bits per heavy atom. The van der Waals surface area contributed by atoms with Crippen molar-refractivity contribution in [1.82, 2.24) is 28.7 Å². The Morgan fingerprint density at radius 1 is 0.291 bits per heavy atom. The van der Waals surface area contributed by atoms with Gasteiger partial charge in [-0.1, -0.05) is 198 Å². The van der Waals surface area contributed by atoms with Crippen LogP contribution < -0.4 is 0 Å². The predicted octanol–water partition coefficient (Wildman–Crippen LogP) is 18.1. The summed E-state index contributed by atoms with van der Waals surface area (Å²) in [5.41, 5.74) is 23.2. The zero-order valence-corrected chi connectivity index (χ0v) is 44.3. The molecule has 0 unspecified atom stereocenters. The maximum absolute atomic E-state index is 5.32. The number of benzene rings is 10. The summed E-state index contributed by atoms with van der Waals surface area (Å²) in [7, 11) is 0. The van der Waals surface area contributed by atoms with E-state index in [4.69, 9.17) is 15.0 Å². The van der Waals surface area contributed by atoms with Gasteiger partial charge in [-0.25, -0.2) is 4.98 Å². The van der Waals surface area contributed by atoms with Gasteiger partial charge >= 0.3 is 0 Å². The number of para-hydroxylation sites is 2. The Hall–Kier alpha value is -9.91. The summed E-state index contributed by atoms with van der Waals surface area (Å²) in [5.74, 6) is 1.86. The van der Waals surface area contributed by atoms with E-state index < -0.39 is 0 Å². The standard InChI is InChI=1S/C73H52N6/c1-72(2)59-31-19-17-29-53(59)67-65(72)57-43-49(35-39-63(57)78(67)52-27-15-8-16-28-52)47-33-37-61-55(41-47)56-42-48(34-38-62(56)77(61)51-25-13-7-14-26-51)50-36-40-64-58(44-50)66-68(54-30-18-20-32-60(54)73(66,3)4)79(64)71-75-69(45-21-9-5-10-22-45)74-70(76-71)46-23-11-6-12-24-46/h5-44H,1-4H3. The van der Waals surface area contributed by atoms with Gasteiger partial charge in [0.25, 0.3) is 0 Å². The van der Waals surface area contributed by atoms with Crippen molar-refractivity contribution >= 4 is 43.6 Å². The molecule has 0 radical (unpaired) electrons. The highest BCUT2D eigenvalue weighted by Gasteiger charge is 2.42. The zero-order valence-electron chi connectivity index (χ0n) is 44.3. The van der Waals surface area contributed by atoms with E-state index >= 15 is 0 Å². The van der Waals surface area contributed by atoms with Gasteiger partial charge in [0.2, 0.25) is 5.95 Å². The molecule has 14 aromatic rings. The second-order valence-corrected chi connectivity index (χ2v) is 22.4. The van der Waals surface area contributed by atoms with Crippen LogP contribution in [0.25, 0.3) is 128 Å². The van der Waals surface area contributed by atoms with E-state index in [1.165, 1.54) is 88.5 Å². The molecular formula is C73H52N6. The Bertz CT molecular complexity index is 4750. The van der Waals surface area contributed by atoms with Crippen LogP contribution >= 0.6 is 0 Å². The van der Waals surface area contributed by atoms with Gasteiger partial charge in [-0.05, 0) is 117 Å². The summed E-state index contributed by atoms with van der Waals surface area (Å²) in [4.78, 5) is 15.7. The monoisotopic (exact) mass is 1010 g/mol. The number of hydrogen-bond acceptors (Lipinski definition) is 3. The highest BCUT2D eigenvalue weighted by Crippen LogP contribution is 2.56. The molecule has 0 bridgehead atoms. The Labute approximate surface area is 458 Å². The fourth-order valence-corrected chi connectivity index (χ4v) is 13.6. The molecule has 4 heterocycles. The first-order valence-corrected chi connectivity index (χ1v) is 27.4. The minimum atomic E-state index is -0.304. The summed E-state index contributed by atoms with van der Waals surface area (Å²) in [6.45, 7) is 9.50. The van der Waals surface area contributed by atoms with Gasteiger partial charge in [-0.2, -0.15) is 9.97 Å². The first-order valence-electron chi connectivity index (χ1n) is 27.4. The smallest absolute Gasteiger partial charge is 0.238 e. The molecule has 6 nitrogen and oxygen atoms in total. The molecule has 0 atom stereocenters. The van der Waals surface area contributed by atoms with E-state index in [-0.39, 0.29) is 10.8 Å². The van der Waals surface area contributed by atoms with Gasteiger partial charge in [-0.15, -0.1) is 0 Å². The van der Waals surface area contributed by atoms with Crippen molar-refractivity contribution in [2.75, 3.05) is 0 Å². The second-order valence-electron chi connectivity index (χ2n) is 22.4. The van der Waals surface area contributed by atoms with Crippen molar-refractivity contribution in [3.63, 3.8) is 0 Å². The largest absolute Gasteiger partial charge is 0.309 e. The maximum Gasteiger partial charge on any atom is 0.238 e. The van der Waals surface area contributed by atoms with E-state index in [0.717, 1.165) is 44.7 Å². The van der Waals surface area contributed by atoms with Crippen molar-refractivity contribution in [3.8, 4) is 84.9 Å². The van der Waals surface area contributed by atoms with Crippen molar-refractivity contribution < 1.29 is 0 Å². The topological polar surface area (TPSA) is 53.5 Å². The lowest BCUT2D eigenvalue weighted by Gasteiger charge is -2.21. The molecule has 0 N–H and O–H groups in total. The normalized spacial score (nSPS) is 13.8. The molecule has 2 aliphatic carbocycles. The summed E-state index contributed by atoms with van der Waals surface area (Å²) < 4.78 is 7.20. The molecule has 0 amide bonds. The Morgan fingerprint density at radius 3 is 1.08 bits per heavy atom. The fraction of sp³-hybridized carbons (Fsp3) is 0.0822. The maximum atomic E-state index is 5.32. The van der Waals surface area contributed by atoms with E-state index in [0.29, 0.717) is 17.6 Å². The van der Waals surface area contributed by atoms with Crippen LogP contribution in [0, 0.1) is 0 Å². The first kappa shape index (κ1) is 45.3. The van der Waals surface area contributed by atoms with Crippen molar-refractivity contribution in [2.24, 2.45) is 0 Å². The number of rotatable bonds is 7. The summed E-state index contributed by atoms with van der Waals surface area (Å²) in [5, 5.41) is 4.88. The van der Waals surface area contributed by atoms with Crippen molar-refractivity contribution in [3.05, 3.63) is 265 Å². The van der Waals surface area contributed by atoms with Crippen LogP contribution in [-0.4, -0.2) is 28.7 Å². The lowest BCUT2D eigenvalue weighted by Crippen LogP contribution is -2.14. The third-order valence-corrected chi connectivity index (χ3v) is 17.2. The number of aromatic nitrogens is 6.